The average Bonchev–Trinajstić information content (AvgIpc) is 2.91. The molecule has 0 unspecified atom stereocenters. The van der Waals surface area contributed by atoms with E-state index in [2.05, 4.69) is 15.6 Å². The van der Waals surface area contributed by atoms with Crippen LogP contribution in [0.5, 0.6) is 0 Å². The second-order valence-corrected chi connectivity index (χ2v) is 5.01. The van der Waals surface area contributed by atoms with Crippen LogP contribution in [0, 0.1) is 0 Å². The van der Waals surface area contributed by atoms with Crippen molar-refractivity contribution in [1.82, 2.24) is 15.0 Å². The topological polar surface area (TPSA) is 86.1 Å². The zero-order valence-electron chi connectivity index (χ0n) is 11.5. The maximum atomic E-state index is 11.9. The Bertz CT molecular complexity index is 702. The molecule has 116 valence electrons. The molecular weight excluding hydrogens is 331 g/mol. The highest BCUT2D eigenvalue weighted by Crippen LogP contribution is 2.24. The van der Waals surface area contributed by atoms with Crippen LogP contribution in [0.2, 0.25) is 10.0 Å². The highest BCUT2D eigenvalue weighted by molar-refractivity contribution is 6.42. The summed E-state index contributed by atoms with van der Waals surface area (Å²) in [6.07, 6.45) is 1.34. The first-order chi connectivity index (χ1) is 10.5. The van der Waals surface area contributed by atoms with Crippen LogP contribution >= 0.6 is 23.2 Å². The van der Waals surface area contributed by atoms with Crippen molar-refractivity contribution in [3.8, 4) is 0 Å². The molecule has 1 amide bonds. The second-order valence-electron chi connectivity index (χ2n) is 4.20. The van der Waals surface area contributed by atoms with Crippen LogP contribution in [0.15, 0.2) is 24.4 Å². The van der Waals surface area contributed by atoms with Crippen molar-refractivity contribution in [2.75, 3.05) is 11.9 Å². The summed E-state index contributed by atoms with van der Waals surface area (Å²) in [7, 11) is 0. The molecule has 0 radical (unpaired) electrons. The fraction of sp³-hybridized carbons (Fsp3) is 0.231. The minimum absolute atomic E-state index is 0.0455. The predicted octanol–water partition coefficient (Wildman–Crippen LogP) is 2.40. The van der Waals surface area contributed by atoms with Gasteiger partial charge in [-0.1, -0.05) is 28.4 Å². The Morgan fingerprint density at radius 2 is 2.09 bits per heavy atom. The number of halogens is 2. The molecule has 0 spiro atoms. The summed E-state index contributed by atoms with van der Waals surface area (Å²) in [6.45, 7) is 1.82. The quantitative estimate of drug-likeness (QED) is 0.843. The first kappa shape index (κ1) is 16.3. The Hall–Kier alpha value is -2.12. The fourth-order valence-electron chi connectivity index (χ4n) is 1.60. The number of esters is 1. The smallest absolute Gasteiger partial charge is 0.360 e. The van der Waals surface area contributed by atoms with E-state index in [1.807, 2.05) is 0 Å². The van der Waals surface area contributed by atoms with Gasteiger partial charge in [0.15, 0.2) is 5.69 Å². The number of carbonyl (C=O) groups is 2. The van der Waals surface area contributed by atoms with Crippen molar-refractivity contribution >= 4 is 40.8 Å². The summed E-state index contributed by atoms with van der Waals surface area (Å²) >= 11 is 11.7. The van der Waals surface area contributed by atoms with Gasteiger partial charge in [0.1, 0.15) is 6.54 Å². The number of ether oxygens (including phenoxy) is 1. The third-order valence-corrected chi connectivity index (χ3v) is 3.27. The molecule has 2 rings (SSSR count). The summed E-state index contributed by atoms with van der Waals surface area (Å²) in [4.78, 5) is 23.3. The Labute approximate surface area is 136 Å². The molecule has 1 aromatic heterocycles. The van der Waals surface area contributed by atoms with Crippen molar-refractivity contribution in [3.05, 3.63) is 40.1 Å². The van der Waals surface area contributed by atoms with Gasteiger partial charge in [0.05, 0.1) is 22.8 Å². The lowest BCUT2D eigenvalue weighted by atomic mass is 10.3. The summed E-state index contributed by atoms with van der Waals surface area (Å²) in [5.41, 5.74) is 0.550. The fourth-order valence-corrected chi connectivity index (χ4v) is 1.89. The highest BCUT2D eigenvalue weighted by Gasteiger charge is 2.13. The molecular formula is C13H12Cl2N4O3. The number of aromatic nitrogens is 3. The van der Waals surface area contributed by atoms with Crippen molar-refractivity contribution in [2.45, 2.75) is 13.5 Å². The summed E-state index contributed by atoms with van der Waals surface area (Å²) in [6, 6.07) is 4.73. The molecule has 0 fully saturated rings. The van der Waals surface area contributed by atoms with Crippen molar-refractivity contribution in [2.24, 2.45) is 0 Å². The first-order valence-corrected chi connectivity index (χ1v) is 7.07. The number of hydrogen-bond acceptors (Lipinski definition) is 5. The van der Waals surface area contributed by atoms with Crippen molar-refractivity contribution < 1.29 is 14.3 Å². The maximum absolute atomic E-state index is 11.9. The number of benzene rings is 1. The molecule has 7 nitrogen and oxygen atoms in total. The number of rotatable bonds is 5. The second kappa shape index (κ2) is 7.24. The number of nitrogens with one attached hydrogen (secondary N) is 1. The predicted molar refractivity (Wildman–Crippen MR) is 81.1 cm³/mol. The molecule has 0 saturated heterocycles. The largest absolute Gasteiger partial charge is 0.461 e. The Kier molecular flexibility index (Phi) is 5.35. The summed E-state index contributed by atoms with van der Waals surface area (Å²) < 4.78 is 6.02. The van der Waals surface area contributed by atoms with Crippen LogP contribution in [-0.4, -0.2) is 33.5 Å². The molecule has 0 saturated carbocycles. The van der Waals surface area contributed by atoms with Gasteiger partial charge in [-0.15, -0.1) is 5.10 Å². The lowest BCUT2D eigenvalue weighted by molar-refractivity contribution is -0.116. The molecule has 1 heterocycles. The van der Waals surface area contributed by atoms with E-state index in [0.717, 1.165) is 0 Å². The molecule has 0 aliphatic carbocycles. The third-order valence-electron chi connectivity index (χ3n) is 2.53. The third kappa shape index (κ3) is 4.19. The Morgan fingerprint density at radius 1 is 1.32 bits per heavy atom. The van der Waals surface area contributed by atoms with Gasteiger partial charge >= 0.3 is 5.97 Å². The first-order valence-electron chi connectivity index (χ1n) is 6.31. The molecule has 0 atom stereocenters. The van der Waals surface area contributed by atoms with E-state index < -0.39 is 5.97 Å². The molecule has 0 aliphatic rings. The molecule has 1 N–H and O–H groups in total. The van der Waals surface area contributed by atoms with Gasteiger partial charge in [0, 0.05) is 5.69 Å². The van der Waals surface area contributed by atoms with Crippen LogP contribution in [0.4, 0.5) is 5.69 Å². The van der Waals surface area contributed by atoms with Crippen LogP contribution in [0.1, 0.15) is 17.4 Å². The Morgan fingerprint density at radius 3 is 2.77 bits per heavy atom. The molecule has 1 aromatic carbocycles. The number of nitrogens with zero attached hydrogens (tertiary/aromatic N) is 3. The normalized spacial score (nSPS) is 10.3. The zero-order valence-corrected chi connectivity index (χ0v) is 13.1. The molecule has 0 bridgehead atoms. The summed E-state index contributed by atoms with van der Waals surface area (Å²) in [5, 5.41) is 10.7. The number of hydrogen-bond donors (Lipinski definition) is 1. The number of amides is 1. The van der Waals surface area contributed by atoms with Gasteiger partial charge in [0.2, 0.25) is 5.91 Å². The lowest BCUT2D eigenvalue weighted by Gasteiger charge is -2.06. The molecule has 9 heteroatoms. The van der Waals surface area contributed by atoms with E-state index in [9.17, 15) is 9.59 Å². The minimum atomic E-state index is -0.585. The van der Waals surface area contributed by atoms with Gasteiger partial charge in [-0.25, -0.2) is 9.48 Å². The van der Waals surface area contributed by atoms with Crippen LogP contribution in [0.25, 0.3) is 0 Å². The van der Waals surface area contributed by atoms with Gasteiger partial charge in [-0.05, 0) is 25.1 Å². The van der Waals surface area contributed by atoms with E-state index in [0.29, 0.717) is 15.7 Å². The Balaban J connectivity index is 1.97. The van der Waals surface area contributed by atoms with Crippen LogP contribution in [-0.2, 0) is 16.1 Å². The summed E-state index contributed by atoms with van der Waals surface area (Å²) in [5.74, 6) is -0.933. The van der Waals surface area contributed by atoms with E-state index in [-0.39, 0.29) is 24.8 Å². The van der Waals surface area contributed by atoms with E-state index in [1.54, 1.807) is 19.1 Å². The molecule has 0 aliphatic heterocycles. The number of anilines is 1. The zero-order chi connectivity index (χ0) is 16.1. The van der Waals surface area contributed by atoms with E-state index >= 15 is 0 Å². The monoisotopic (exact) mass is 342 g/mol. The van der Waals surface area contributed by atoms with E-state index in [4.69, 9.17) is 27.9 Å². The van der Waals surface area contributed by atoms with Gasteiger partial charge in [-0.3, -0.25) is 4.79 Å². The van der Waals surface area contributed by atoms with Gasteiger partial charge in [-0.2, -0.15) is 0 Å². The van der Waals surface area contributed by atoms with Gasteiger partial charge < -0.3 is 10.1 Å². The van der Waals surface area contributed by atoms with Gasteiger partial charge in [0.25, 0.3) is 0 Å². The van der Waals surface area contributed by atoms with E-state index in [1.165, 1.54) is 16.9 Å². The SMILES string of the molecule is CCOC(=O)c1cn(CC(=O)Nc2ccc(Cl)c(Cl)c2)nn1. The number of carbonyl (C=O) groups excluding carboxylic acids is 2. The minimum Gasteiger partial charge on any atom is -0.461 e. The van der Waals surface area contributed by atoms with Crippen LogP contribution in [0.3, 0.4) is 0 Å². The lowest BCUT2D eigenvalue weighted by Crippen LogP contribution is -2.19. The molecule has 22 heavy (non-hydrogen) atoms. The average molecular weight is 343 g/mol. The maximum Gasteiger partial charge on any atom is 0.360 e. The highest BCUT2D eigenvalue weighted by atomic mass is 35.5. The van der Waals surface area contributed by atoms with Crippen molar-refractivity contribution in [3.63, 3.8) is 0 Å². The molecule has 2 aromatic rings. The standard InChI is InChI=1S/C13H12Cl2N4O3/c1-2-22-13(21)11-6-19(18-17-11)7-12(20)16-8-3-4-9(14)10(15)5-8/h3-6H,2,7H2,1H3,(H,16,20). The van der Waals surface area contributed by atoms with Crippen LogP contribution < -0.4 is 5.32 Å². The van der Waals surface area contributed by atoms with Crippen molar-refractivity contribution in [1.29, 1.82) is 0 Å².